The van der Waals surface area contributed by atoms with Gasteiger partial charge in [-0.25, -0.2) is 4.99 Å². The lowest BCUT2D eigenvalue weighted by Gasteiger charge is -2.11. The number of nitrogens with zero attached hydrogens (tertiary/aromatic N) is 1. The second-order valence-corrected chi connectivity index (χ2v) is 5.65. The summed E-state index contributed by atoms with van der Waals surface area (Å²) < 4.78 is 10.7. The van der Waals surface area contributed by atoms with Crippen molar-refractivity contribution in [1.82, 2.24) is 10.6 Å². The number of aliphatic imine (C=N–C) groups is 1. The van der Waals surface area contributed by atoms with Crippen molar-refractivity contribution >= 4 is 5.96 Å². The molecule has 0 saturated heterocycles. The maximum Gasteiger partial charge on any atom is 0.191 e. The van der Waals surface area contributed by atoms with Crippen molar-refractivity contribution in [3.63, 3.8) is 0 Å². The van der Waals surface area contributed by atoms with Gasteiger partial charge in [0.1, 0.15) is 0 Å². The highest BCUT2D eigenvalue weighted by atomic mass is 16.5. The van der Waals surface area contributed by atoms with E-state index < -0.39 is 0 Å². The van der Waals surface area contributed by atoms with Crippen LogP contribution in [0.1, 0.15) is 38.3 Å². The van der Waals surface area contributed by atoms with Gasteiger partial charge in [0.05, 0.1) is 19.3 Å². The highest BCUT2D eigenvalue weighted by Crippen LogP contribution is 2.09. The third-order valence-corrected chi connectivity index (χ3v) is 3.16. The van der Waals surface area contributed by atoms with Gasteiger partial charge < -0.3 is 20.1 Å². The van der Waals surface area contributed by atoms with Gasteiger partial charge in [-0.3, -0.25) is 0 Å². The minimum atomic E-state index is 0.244. The van der Waals surface area contributed by atoms with Gasteiger partial charge in [0.25, 0.3) is 0 Å². The third kappa shape index (κ3) is 9.21. The summed E-state index contributed by atoms with van der Waals surface area (Å²) in [6.45, 7) is 9.90. The van der Waals surface area contributed by atoms with E-state index in [4.69, 9.17) is 9.47 Å². The molecule has 1 aromatic rings. The normalized spacial score (nSPS) is 11.8. The maximum atomic E-state index is 5.65. The van der Waals surface area contributed by atoms with E-state index in [9.17, 15) is 0 Å². The van der Waals surface area contributed by atoms with Crippen LogP contribution in [-0.2, 0) is 22.6 Å². The van der Waals surface area contributed by atoms with E-state index in [1.165, 1.54) is 11.1 Å². The Morgan fingerprint density at radius 2 is 2.00 bits per heavy atom. The van der Waals surface area contributed by atoms with Crippen molar-refractivity contribution < 1.29 is 9.47 Å². The van der Waals surface area contributed by atoms with Crippen LogP contribution in [0.5, 0.6) is 0 Å². The molecule has 0 radical (unpaired) electrons. The highest BCUT2D eigenvalue weighted by molar-refractivity contribution is 5.79. The standard InChI is InChI=1S/C18H31N3O2/c1-5-19-18(20-10-7-11-22-4)21-13-16-8-6-9-17(12-16)14-23-15(2)3/h6,8-9,12,15H,5,7,10-11,13-14H2,1-4H3,(H2,19,20,21). The van der Waals surface area contributed by atoms with Gasteiger partial charge in [0.2, 0.25) is 0 Å². The zero-order valence-electron chi connectivity index (χ0n) is 14.9. The van der Waals surface area contributed by atoms with E-state index in [-0.39, 0.29) is 6.10 Å². The predicted octanol–water partition coefficient (Wildman–Crippen LogP) is 2.70. The van der Waals surface area contributed by atoms with Crippen LogP contribution >= 0.6 is 0 Å². The van der Waals surface area contributed by atoms with Crippen LogP contribution in [0.2, 0.25) is 0 Å². The molecule has 0 aliphatic heterocycles. The van der Waals surface area contributed by atoms with E-state index in [2.05, 4.69) is 46.8 Å². The molecule has 130 valence electrons. The Hall–Kier alpha value is -1.59. The number of nitrogens with one attached hydrogen (secondary N) is 2. The fourth-order valence-corrected chi connectivity index (χ4v) is 2.02. The highest BCUT2D eigenvalue weighted by Gasteiger charge is 2.00. The maximum absolute atomic E-state index is 5.65. The molecule has 0 unspecified atom stereocenters. The molecule has 1 rings (SSSR count). The molecule has 23 heavy (non-hydrogen) atoms. The lowest BCUT2D eigenvalue weighted by molar-refractivity contribution is 0.0657. The number of ether oxygens (including phenoxy) is 2. The Labute approximate surface area is 140 Å². The Balaban J connectivity index is 2.55. The third-order valence-electron chi connectivity index (χ3n) is 3.16. The van der Waals surface area contributed by atoms with E-state index in [1.807, 2.05) is 13.8 Å². The van der Waals surface area contributed by atoms with Gasteiger partial charge in [0, 0.05) is 26.8 Å². The lowest BCUT2D eigenvalue weighted by atomic mass is 10.1. The SMILES string of the molecule is CCNC(=NCc1cccc(COC(C)C)c1)NCCCOC. The Kier molecular flexibility index (Phi) is 10.1. The van der Waals surface area contributed by atoms with Crippen LogP contribution in [0.15, 0.2) is 29.3 Å². The van der Waals surface area contributed by atoms with Crippen molar-refractivity contribution in [2.45, 2.75) is 46.4 Å². The van der Waals surface area contributed by atoms with Crippen molar-refractivity contribution in [3.8, 4) is 0 Å². The molecular weight excluding hydrogens is 290 g/mol. The number of hydrogen-bond acceptors (Lipinski definition) is 3. The molecule has 0 spiro atoms. The number of methoxy groups -OCH3 is 1. The molecule has 0 fully saturated rings. The van der Waals surface area contributed by atoms with Gasteiger partial charge in [-0.2, -0.15) is 0 Å². The summed E-state index contributed by atoms with van der Waals surface area (Å²) in [5.41, 5.74) is 2.37. The lowest BCUT2D eigenvalue weighted by Crippen LogP contribution is -2.38. The molecule has 0 bridgehead atoms. The van der Waals surface area contributed by atoms with E-state index in [1.54, 1.807) is 7.11 Å². The summed E-state index contributed by atoms with van der Waals surface area (Å²) in [4.78, 5) is 4.63. The van der Waals surface area contributed by atoms with Gasteiger partial charge in [-0.15, -0.1) is 0 Å². The number of hydrogen-bond donors (Lipinski definition) is 2. The summed E-state index contributed by atoms with van der Waals surface area (Å²) in [5.74, 6) is 0.840. The molecule has 2 N–H and O–H groups in total. The van der Waals surface area contributed by atoms with Crippen LogP contribution in [0.25, 0.3) is 0 Å². The minimum absolute atomic E-state index is 0.244. The molecule has 0 amide bonds. The molecule has 0 aliphatic rings. The molecule has 0 aliphatic carbocycles. The van der Waals surface area contributed by atoms with Crippen LogP contribution < -0.4 is 10.6 Å². The van der Waals surface area contributed by atoms with Crippen LogP contribution in [0, 0.1) is 0 Å². The Bertz CT molecular complexity index is 461. The van der Waals surface area contributed by atoms with E-state index >= 15 is 0 Å². The van der Waals surface area contributed by atoms with Crippen LogP contribution in [0.4, 0.5) is 0 Å². The Morgan fingerprint density at radius 3 is 2.70 bits per heavy atom. The average Bonchev–Trinajstić information content (AvgIpc) is 2.55. The van der Waals surface area contributed by atoms with E-state index in [0.717, 1.165) is 32.1 Å². The summed E-state index contributed by atoms with van der Waals surface area (Å²) in [5, 5.41) is 6.57. The largest absolute Gasteiger partial charge is 0.385 e. The van der Waals surface area contributed by atoms with Crippen LogP contribution in [0.3, 0.4) is 0 Å². The topological polar surface area (TPSA) is 54.9 Å². The quantitative estimate of drug-likeness (QED) is 0.395. The van der Waals surface area contributed by atoms with E-state index in [0.29, 0.717) is 13.2 Å². The van der Waals surface area contributed by atoms with Crippen LogP contribution in [-0.4, -0.2) is 38.9 Å². The molecule has 5 nitrogen and oxygen atoms in total. The number of benzene rings is 1. The zero-order chi connectivity index (χ0) is 16.9. The van der Waals surface area contributed by atoms with Gasteiger partial charge in [0.15, 0.2) is 5.96 Å². The monoisotopic (exact) mass is 321 g/mol. The van der Waals surface area contributed by atoms with Crippen molar-refractivity contribution in [3.05, 3.63) is 35.4 Å². The summed E-state index contributed by atoms with van der Waals surface area (Å²) >= 11 is 0. The molecule has 5 heteroatoms. The molecule has 0 aromatic heterocycles. The second-order valence-electron chi connectivity index (χ2n) is 5.65. The summed E-state index contributed by atoms with van der Waals surface area (Å²) in [6.07, 6.45) is 1.21. The average molecular weight is 321 g/mol. The first-order chi connectivity index (χ1) is 11.2. The fraction of sp³-hybridized carbons (Fsp3) is 0.611. The van der Waals surface area contributed by atoms with Crippen molar-refractivity contribution in [2.75, 3.05) is 26.8 Å². The fourth-order valence-electron chi connectivity index (χ4n) is 2.02. The Morgan fingerprint density at radius 1 is 1.22 bits per heavy atom. The molecular formula is C18H31N3O2. The predicted molar refractivity (Wildman–Crippen MR) is 95.7 cm³/mol. The number of guanidine groups is 1. The smallest absolute Gasteiger partial charge is 0.191 e. The minimum Gasteiger partial charge on any atom is -0.385 e. The van der Waals surface area contributed by atoms with Crippen molar-refractivity contribution in [1.29, 1.82) is 0 Å². The van der Waals surface area contributed by atoms with Gasteiger partial charge >= 0.3 is 0 Å². The first-order valence-corrected chi connectivity index (χ1v) is 8.36. The van der Waals surface area contributed by atoms with Gasteiger partial charge in [-0.1, -0.05) is 24.3 Å². The summed E-state index contributed by atoms with van der Waals surface area (Å²) in [7, 11) is 1.72. The molecule has 0 atom stereocenters. The first-order valence-electron chi connectivity index (χ1n) is 8.36. The number of rotatable bonds is 10. The molecule has 1 aromatic carbocycles. The van der Waals surface area contributed by atoms with Gasteiger partial charge in [-0.05, 0) is 38.3 Å². The van der Waals surface area contributed by atoms with Crippen molar-refractivity contribution in [2.24, 2.45) is 4.99 Å². The summed E-state index contributed by atoms with van der Waals surface area (Å²) in [6, 6.07) is 8.39. The second kappa shape index (κ2) is 11.9. The molecule has 0 saturated carbocycles. The molecule has 0 heterocycles. The zero-order valence-corrected chi connectivity index (χ0v) is 14.9. The first kappa shape index (κ1) is 19.5.